The predicted octanol–water partition coefficient (Wildman–Crippen LogP) is 2.85. The van der Waals surface area contributed by atoms with Gasteiger partial charge in [-0.1, -0.05) is 6.07 Å². The van der Waals surface area contributed by atoms with Crippen molar-refractivity contribution in [2.75, 3.05) is 17.7 Å². The molecule has 1 aliphatic heterocycles. The third-order valence-electron chi connectivity index (χ3n) is 5.39. The third-order valence-corrected chi connectivity index (χ3v) is 5.39. The maximum absolute atomic E-state index is 12.5. The van der Waals surface area contributed by atoms with Gasteiger partial charge >= 0.3 is 0 Å². The van der Waals surface area contributed by atoms with E-state index in [2.05, 4.69) is 41.2 Å². The van der Waals surface area contributed by atoms with Crippen LogP contribution in [0.1, 0.15) is 27.3 Å². The van der Waals surface area contributed by atoms with E-state index in [9.17, 15) is 4.79 Å². The number of hydrogen-bond acceptors (Lipinski definition) is 9. The molecule has 0 fully saturated rings. The zero-order valence-corrected chi connectivity index (χ0v) is 19.0. The molecule has 0 atom stereocenters. The van der Waals surface area contributed by atoms with Gasteiger partial charge in [0.25, 0.3) is 5.91 Å². The van der Waals surface area contributed by atoms with Gasteiger partial charge in [0, 0.05) is 31.4 Å². The predicted molar refractivity (Wildman–Crippen MR) is 126 cm³/mol. The normalized spacial score (nSPS) is 12.8. The summed E-state index contributed by atoms with van der Waals surface area (Å²) in [5, 5.41) is 21.9. The number of benzene rings is 1. The number of carbonyl (C=O) groups is 1. The van der Waals surface area contributed by atoms with E-state index in [4.69, 9.17) is 4.74 Å². The minimum atomic E-state index is -0.355. The molecule has 172 valence electrons. The molecule has 1 aromatic carbocycles. The smallest absolute Gasteiger partial charge is 0.273 e. The lowest BCUT2D eigenvalue weighted by molar-refractivity contribution is 0.0958. The van der Waals surface area contributed by atoms with Gasteiger partial charge in [-0.2, -0.15) is 5.10 Å². The quantitative estimate of drug-likeness (QED) is 0.416. The van der Waals surface area contributed by atoms with E-state index in [-0.39, 0.29) is 11.6 Å². The molecule has 0 radical (unpaired) electrons. The molecule has 34 heavy (non-hydrogen) atoms. The number of aryl methyl sites for hydroxylation is 1. The van der Waals surface area contributed by atoms with Gasteiger partial charge < -0.3 is 20.7 Å². The first-order valence-electron chi connectivity index (χ1n) is 10.7. The highest BCUT2D eigenvalue weighted by Crippen LogP contribution is 2.32. The van der Waals surface area contributed by atoms with E-state index in [1.165, 1.54) is 0 Å². The second kappa shape index (κ2) is 8.87. The summed E-state index contributed by atoms with van der Waals surface area (Å²) in [4.78, 5) is 21.5. The van der Waals surface area contributed by atoms with E-state index >= 15 is 0 Å². The standard InChI is InChI=1S/C23H23N9O2/c1-13-16(22-25-12-32(3)31-22)7-14-8-17(13)27-18-9-20(29-30-21(18)23(33)24-2)28-19-6-4-5-15(26-19)11-34-10-14/h4-9,12,27H,10-11H2,1-3H3,(H,24,33)(H,26,28,29). The SMILES string of the molecule is CNC(=O)c1nnc2cc1Nc1cc(cc(-c3ncn(C)n3)c1C)COCc1cccc(n1)N2. The van der Waals surface area contributed by atoms with E-state index in [0.29, 0.717) is 36.4 Å². The molecular weight excluding hydrogens is 434 g/mol. The van der Waals surface area contributed by atoms with Crippen molar-refractivity contribution in [1.82, 2.24) is 35.3 Å². The Bertz CT molecular complexity index is 1380. The van der Waals surface area contributed by atoms with Gasteiger partial charge in [0.05, 0.1) is 24.6 Å². The number of rotatable bonds is 2. The van der Waals surface area contributed by atoms with Crippen LogP contribution in [0.15, 0.2) is 42.7 Å². The number of hydrogen-bond donors (Lipinski definition) is 3. The summed E-state index contributed by atoms with van der Waals surface area (Å²) in [6.45, 7) is 2.68. The molecule has 5 rings (SSSR count). The van der Waals surface area contributed by atoms with Crippen LogP contribution in [0.4, 0.5) is 23.0 Å². The van der Waals surface area contributed by atoms with Crippen LogP contribution in [0, 0.1) is 6.92 Å². The molecule has 11 heteroatoms. The zero-order valence-electron chi connectivity index (χ0n) is 19.0. The Labute approximate surface area is 195 Å². The minimum absolute atomic E-state index is 0.167. The third kappa shape index (κ3) is 4.28. The summed E-state index contributed by atoms with van der Waals surface area (Å²) in [5.74, 6) is 1.29. The fourth-order valence-corrected chi connectivity index (χ4v) is 3.70. The molecule has 0 aliphatic carbocycles. The Morgan fingerprint density at radius 3 is 2.76 bits per heavy atom. The minimum Gasteiger partial charge on any atom is -0.370 e. The van der Waals surface area contributed by atoms with Crippen LogP contribution in [0.2, 0.25) is 0 Å². The van der Waals surface area contributed by atoms with E-state index in [0.717, 1.165) is 28.1 Å². The van der Waals surface area contributed by atoms with Crippen molar-refractivity contribution in [3.8, 4) is 11.4 Å². The largest absolute Gasteiger partial charge is 0.370 e. The summed E-state index contributed by atoms with van der Waals surface area (Å²) in [5.41, 5.74) is 4.91. The molecule has 1 amide bonds. The molecule has 11 nitrogen and oxygen atoms in total. The Hall–Kier alpha value is -4.38. The van der Waals surface area contributed by atoms with Crippen molar-refractivity contribution in [3.05, 3.63) is 65.2 Å². The topological polar surface area (TPSA) is 132 Å². The van der Waals surface area contributed by atoms with Crippen molar-refractivity contribution in [1.29, 1.82) is 0 Å². The first kappa shape index (κ1) is 21.5. The fourth-order valence-electron chi connectivity index (χ4n) is 3.70. The van der Waals surface area contributed by atoms with Gasteiger partial charge in [0.2, 0.25) is 0 Å². The molecule has 0 saturated heterocycles. The Balaban J connectivity index is 1.67. The van der Waals surface area contributed by atoms with Crippen LogP contribution in [0.3, 0.4) is 0 Å². The van der Waals surface area contributed by atoms with Crippen LogP contribution < -0.4 is 16.0 Å². The molecule has 0 saturated carbocycles. The first-order chi connectivity index (χ1) is 16.5. The maximum atomic E-state index is 12.5. The number of pyridine rings is 1. The van der Waals surface area contributed by atoms with Gasteiger partial charge in [0.15, 0.2) is 17.3 Å². The lowest BCUT2D eigenvalue weighted by atomic mass is 10.0. The first-order valence-corrected chi connectivity index (χ1v) is 10.7. The van der Waals surface area contributed by atoms with Crippen molar-refractivity contribution in [2.45, 2.75) is 20.1 Å². The summed E-state index contributed by atoms with van der Waals surface area (Å²) in [6.07, 6.45) is 1.66. The van der Waals surface area contributed by atoms with Gasteiger partial charge in [-0.3, -0.25) is 9.48 Å². The number of carbonyl (C=O) groups excluding carboxylic acids is 1. The summed E-state index contributed by atoms with van der Waals surface area (Å²) < 4.78 is 7.62. The number of fused-ring (bicyclic) bond motifs is 6. The fraction of sp³-hybridized carbons (Fsp3) is 0.217. The molecule has 4 aromatic rings. The number of nitrogens with zero attached hydrogens (tertiary/aromatic N) is 6. The summed E-state index contributed by atoms with van der Waals surface area (Å²) in [6, 6.07) is 11.4. The molecular formula is C23H23N9O2. The van der Waals surface area contributed by atoms with Crippen molar-refractivity contribution in [2.24, 2.45) is 7.05 Å². The number of anilines is 4. The van der Waals surface area contributed by atoms with Crippen molar-refractivity contribution in [3.63, 3.8) is 0 Å². The highest BCUT2D eigenvalue weighted by atomic mass is 16.5. The maximum Gasteiger partial charge on any atom is 0.273 e. The van der Waals surface area contributed by atoms with Gasteiger partial charge in [-0.05, 0) is 42.3 Å². The molecule has 3 aromatic heterocycles. The van der Waals surface area contributed by atoms with Crippen molar-refractivity contribution < 1.29 is 9.53 Å². The van der Waals surface area contributed by atoms with Gasteiger partial charge in [-0.25, -0.2) is 9.97 Å². The van der Waals surface area contributed by atoms with Gasteiger partial charge in [0.1, 0.15) is 12.1 Å². The van der Waals surface area contributed by atoms with E-state index in [1.54, 1.807) is 24.1 Å². The van der Waals surface area contributed by atoms with Crippen LogP contribution in [0.5, 0.6) is 0 Å². The number of nitrogens with one attached hydrogen (secondary N) is 3. The lowest BCUT2D eigenvalue weighted by Crippen LogP contribution is -2.21. The molecule has 0 unspecified atom stereocenters. The zero-order chi connectivity index (χ0) is 23.7. The van der Waals surface area contributed by atoms with Crippen molar-refractivity contribution >= 4 is 28.9 Å². The number of ether oxygens (including phenoxy) is 1. The van der Waals surface area contributed by atoms with E-state index in [1.807, 2.05) is 44.3 Å². The Morgan fingerprint density at radius 2 is 1.97 bits per heavy atom. The second-order valence-electron chi connectivity index (χ2n) is 7.89. The molecule has 4 heterocycles. The highest BCUT2D eigenvalue weighted by molar-refractivity contribution is 5.98. The molecule has 6 bridgehead atoms. The van der Waals surface area contributed by atoms with Crippen LogP contribution in [0.25, 0.3) is 11.4 Å². The summed E-state index contributed by atoms with van der Waals surface area (Å²) in [7, 11) is 3.37. The second-order valence-corrected chi connectivity index (χ2v) is 7.89. The van der Waals surface area contributed by atoms with Crippen LogP contribution >= 0.6 is 0 Å². The molecule has 3 N–H and O–H groups in total. The molecule has 1 aliphatic rings. The molecule has 0 spiro atoms. The Kier molecular flexibility index (Phi) is 5.60. The number of aromatic nitrogens is 6. The Morgan fingerprint density at radius 1 is 1.09 bits per heavy atom. The monoisotopic (exact) mass is 457 g/mol. The van der Waals surface area contributed by atoms with Gasteiger partial charge in [-0.15, -0.1) is 10.2 Å². The highest BCUT2D eigenvalue weighted by Gasteiger charge is 2.19. The lowest BCUT2D eigenvalue weighted by Gasteiger charge is -2.18. The van der Waals surface area contributed by atoms with E-state index < -0.39 is 0 Å². The average Bonchev–Trinajstić information content (AvgIpc) is 3.26. The number of amides is 1. The summed E-state index contributed by atoms with van der Waals surface area (Å²) >= 11 is 0. The average molecular weight is 457 g/mol. The van der Waals surface area contributed by atoms with Crippen LogP contribution in [-0.2, 0) is 25.0 Å². The van der Waals surface area contributed by atoms with Crippen LogP contribution in [-0.4, -0.2) is 42.9 Å².